The van der Waals surface area contributed by atoms with E-state index in [-0.39, 0.29) is 23.7 Å². The molecular weight excluding hydrogens is 424 g/mol. The Hall–Kier alpha value is -2.85. The normalized spacial score (nSPS) is 11.7. The van der Waals surface area contributed by atoms with Gasteiger partial charge >= 0.3 is 0 Å². The third-order valence-electron chi connectivity index (χ3n) is 3.97. The van der Waals surface area contributed by atoms with Crippen molar-refractivity contribution in [1.29, 1.82) is 0 Å². The van der Waals surface area contributed by atoms with Crippen LogP contribution in [0.15, 0.2) is 64.9 Å². The number of aromatic nitrogens is 1. The molecule has 3 aromatic rings. The van der Waals surface area contributed by atoms with Crippen molar-refractivity contribution in [1.82, 2.24) is 4.98 Å². The lowest BCUT2D eigenvalue weighted by atomic mass is 10.2. The van der Waals surface area contributed by atoms with Crippen LogP contribution < -0.4 is 10.1 Å². The zero-order chi connectivity index (χ0) is 20.6. The Morgan fingerprint density at radius 3 is 2.53 bits per heavy atom. The van der Waals surface area contributed by atoms with E-state index in [1.807, 2.05) is 29.6 Å². The second-order valence-corrected chi connectivity index (χ2v) is 8.36. The first-order valence-electron chi connectivity index (χ1n) is 8.77. The number of hydrogen-bond donors (Lipinski definition) is 2. The number of carbonyl (C=O) groups is 1. The van der Waals surface area contributed by atoms with Crippen LogP contribution in [0.25, 0.3) is 17.3 Å². The lowest BCUT2D eigenvalue weighted by Gasteiger charge is -2.01. The number of thiazole rings is 1. The highest BCUT2D eigenvalue weighted by Gasteiger charge is 2.07. The van der Waals surface area contributed by atoms with Gasteiger partial charge in [-0.15, -0.1) is 11.3 Å². The molecule has 1 amide bonds. The topological polar surface area (TPSA) is 120 Å². The van der Waals surface area contributed by atoms with Gasteiger partial charge in [-0.3, -0.25) is 14.3 Å². The summed E-state index contributed by atoms with van der Waals surface area (Å²) >= 11 is 1.35. The minimum absolute atomic E-state index is 0. The van der Waals surface area contributed by atoms with Gasteiger partial charge in [-0.1, -0.05) is 12.1 Å². The molecule has 0 aliphatic rings. The number of rotatable bonds is 8. The summed E-state index contributed by atoms with van der Waals surface area (Å²) in [6, 6.07) is 14.6. The average Bonchev–Trinajstić information content (AvgIpc) is 3.21. The maximum absolute atomic E-state index is 12.2. The molecular formula is C21H22N2O5S2. The molecule has 0 spiro atoms. The van der Waals surface area contributed by atoms with E-state index in [0.29, 0.717) is 10.0 Å². The van der Waals surface area contributed by atoms with E-state index in [1.165, 1.54) is 17.4 Å². The van der Waals surface area contributed by atoms with Crippen molar-refractivity contribution in [2.75, 3.05) is 24.8 Å². The molecule has 2 aromatic carbocycles. The molecule has 3 rings (SSSR count). The highest BCUT2D eigenvalue weighted by molar-refractivity contribution is 7.85. The van der Waals surface area contributed by atoms with E-state index >= 15 is 0 Å². The van der Waals surface area contributed by atoms with Gasteiger partial charge in [0.05, 0.1) is 36.0 Å². The lowest BCUT2D eigenvalue weighted by Crippen LogP contribution is -2.07. The van der Waals surface area contributed by atoms with Gasteiger partial charge in [-0.25, -0.2) is 4.98 Å². The van der Waals surface area contributed by atoms with Crippen LogP contribution in [-0.4, -0.2) is 45.2 Å². The van der Waals surface area contributed by atoms with Crippen LogP contribution in [0.2, 0.25) is 0 Å². The quantitative estimate of drug-likeness (QED) is 0.516. The highest BCUT2D eigenvalue weighted by Crippen LogP contribution is 2.26. The molecule has 1 atom stereocenters. The number of amides is 1. The molecule has 7 nitrogen and oxygen atoms in total. The summed E-state index contributed by atoms with van der Waals surface area (Å²) in [5, 5.41) is 14.0. The number of carbonyl (C=O) groups excluding carboxylic acids is 1. The molecule has 1 heterocycles. The molecule has 4 N–H and O–H groups in total. The van der Waals surface area contributed by atoms with Gasteiger partial charge in [0.2, 0.25) is 5.91 Å². The number of methoxy groups -OCH3 is 1. The van der Waals surface area contributed by atoms with Crippen molar-refractivity contribution in [2.45, 2.75) is 4.90 Å². The molecule has 1 unspecified atom stereocenters. The van der Waals surface area contributed by atoms with Crippen LogP contribution in [0, 0.1) is 0 Å². The first kappa shape index (κ1) is 23.4. The summed E-state index contributed by atoms with van der Waals surface area (Å²) in [6.07, 6.45) is 3.10. The number of hydrogen-bond acceptors (Lipinski definition) is 6. The second-order valence-electron chi connectivity index (χ2n) is 5.93. The van der Waals surface area contributed by atoms with Crippen molar-refractivity contribution in [3.8, 4) is 17.0 Å². The highest BCUT2D eigenvalue weighted by atomic mass is 32.2. The summed E-state index contributed by atoms with van der Waals surface area (Å²) in [5.41, 5.74) is 2.53. The molecule has 0 aliphatic carbocycles. The molecule has 0 aliphatic heterocycles. The Bertz CT molecular complexity index is 1010. The maximum atomic E-state index is 12.2. The van der Waals surface area contributed by atoms with E-state index in [1.54, 1.807) is 37.5 Å². The summed E-state index contributed by atoms with van der Waals surface area (Å²) in [5.74, 6) is 0.702. The molecule has 30 heavy (non-hydrogen) atoms. The van der Waals surface area contributed by atoms with Crippen molar-refractivity contribution in [3.05, 3.63) is 65.6 Å². The van der Waals surface area contributed by atoms with Gasteiger partial charge in [0.1, 0.15) is 5.75 Å². The molecule has 158 valence electrons. The van der Waals surface area contributed by atoms with Crippen molar-refractivity contribution in [3.63, 3.8) is 0 Å². The van der Waals surface area contributed by atoms with E-state index in [0.717, 1.165) is 22.6 Å². The summed E-state index contributed by atoms with van der Waals surface area (Å²) < 4.78 is 17.0. The predicted octanol–water partition coefficient (Wildman–Crippen LogP) is 2.75. The average molecular weight is 447 g/mol. The minimum atomic E-state index is -1.21. The lowest BCUT2D eigenvalue weighted by molar-refractivity contribution is -0.111. The zero-order valence-corrected chi connectivity index (χ0v) is 17.8. The summed E-state index contributed by atoms with van der Waals surface area (Å²) in [7, 11) is 0.403. The fraction of sp³-hybridized carbons (Fsp3) is 0.143. The number of benzene rings is 2. The van der Waals surface area contributed by atoms with E-state index in [4.69, 9.17) is 9.84 Å². The van der Waals surface area contributed by atoms with E-state index < -0.39 is 10.8 Å². The molecule has 0 saturated carbocycles. The van der Waals surface area contributed by atoms with Crippen molar-refractivity contribution in [2.24, 2.45) is 0 Å². The summed E-state index contributed by atoms with van der Waals surface area (Å²) in [6.45, 7) is -0.120. The number of aliphatic hydroxyl groups is 1. The SMILES string of the molecule is COc1ccc(-c2csc(NC(=O)/C=C/c3ccc(S(=O)CCO)cc3)n2)cc1.O. The standard InChI is InChI=1S/C21H20N2O4S2.H2O/c1-27-17-7-5-16(6-8-17)19-14-28-21(22-19)23-20(25)11-4-15-2-9-18(10-3-15)29(26)13-12-24;/h2-11,14,24H,12-13H2,1H3,(H,22,23,25);1H2/b11-4+;. The monoisotopic (exact) mass is 446 g/mol. The first-order chi connectivity index (χ1) is 14.1. The maximum Gasteiger partial charge on any atom is 0.250 e. The third-order valence-corrected chi connectivity index (χ3v) is 6.08. The molecule has 0 fully saturated rings. The molecule has 9 heteroatoms. The number of nitrogens with zero attached hydrogens (tertiary/aromatic N) is 1. The second kappa shape index (κ2) is 11.4. The summed E-state index contributed by atoms with van der Waals surface area (Å²) in [4.78, 5) is 17.2. The Labute approximate surface area is 180 Å². The number of aliphatic hydroxyl groups excluding tert-OH is 1. The van der Waals surface area contributed by atoms with Gasteiger partial charge in [0.15, 0.2) is 5.13 Å². The van der Waals surface area contributed by atoms with Crippen molar-refractivity contribution < 1.29 is 24.3 Å². The smallest absolute Gasteiger partial charge is 0.250 e. The van der Waals surface area contributed by atoms with Crippen molar-refractivity contribution >= 4 is 39.3 Å². The number of ether oxygens (including phenoxy) is 1. The minimum Gasteiger partial charge on any atom is -0.497 e. The molecule has 0 radical (unpaired) electrons. The van der Waals surface area contributed by atoms with E-state index in [9.17, 15) is 9.00 Å². The fourth-order valence-electron chi connectivity index (χ4n) is 2.48. The van der Waals surface area contributed by atoms with Gasteiger partial charge < -0.3 is 15.3 Å². The van der Waals surface area contributed by atoms with Gasteiger partial charge in [0.25, 0.3) is 0 Å². The van der Waals surface area contributed by atoms with Crippen LogP contribution >= 0.6 is 11.3 Å². The Kier molecular flexibility index (Phi) is 8.88. The van der Waals surface area contributed by atoms with Crippen LogP contribution in [0.4, 0.5) is 5.13 Å². The number of anilines is 1. The van der Waals surface area contributed by atoms with Crippen LogP contribution in [0.5, 0.6) is 5.75 Å². The Balaban J connectivity index is 0.00000320. The third kappa shape index (κ3) is 6.33. The van der Waals surface area contributed by atoms with Gasteiger partial charge in [-0.2, -0.15) is 0 Å². The molecule has 0 saturated heterocycles. The van der Waals surface area contributed by atoms with Crippen LogP contribution in [0.3, 0.4) is 0 Å². The van der Waals surface area contributed by atoms with E-state index in [2.05, 4.69) is 10.3 Å². The predicted molar refractivity (Wildman–Crippen MR) is 120 cm³/mol. The number of nitrogens with one attached hydrogen (secondary N) is 1. The Morgan fingerprint density at radius 1 is 1.20 bits per heavy atom. The van der Waals surface area contributed by atoms with Gasteiger partial charge in [0, 0.05) is 21.9 Å². The Morgan fingerprint density at radius 2 is 1.90 bits per heavy atom. The fourth-order valence-corrected chi connectivity index (χ4v) is 4.04. The largest absolute Gasteiger partial charge is 0.497 e. The zero-order valence-electron chi connectivity index (χ0n) is 16.2. The molecule has 1 aromatic heterocycles. The van der Waals surface area contributed by atoms with Crippen LogP contribution in [-0.2, 0) is 15.6 Å². The van der Waals surface area contributed by atoms with Crippen LogP contribution in [0.1, 0.15) is 5.56 Å². The van der Waals surface area contributed by atoms with Gasteiger partial charge in [-0.05, 0) is 48.0 Å². The molecule has 0 bridgehead atoms. The first-order valence-corrected chi connectivity index (χ1v) is 11.0.